The summed E-state index contributed by atoms with van der Waals surface area (Å²) in [5, 5.41) is 7.43. The summed E-state index contributed by atoms with van der Waals surface area (Å²) in [5.74, 6) is 0.951. The average molecular weight is 253 g/mol. The molecule has 3 rings (SSSR count). The largest absolute Gasteiger partial charge is 0.365 e. The maximum absolute atomic E-state index is 4.55. The first-order valence-corrected chi connectivity index (χ1v) is 7.56. The van der Waals surface area contributed by atoms with Crippen LogP contribution in [0.15, 0.2) is 15.9 Å². The van der Waals surface area contributed by atoms with E-state index in [9.17, 15) is 0 Å². The van der Waals surface area contributed by atoms with Crippen molar-refractivity contribution in [2.45, 2.75) is 24.5 Å². The Morgan fingerprint density at radius 2 is 2.38 bits per heavy atom. The van der Waals surface area contributed by atoms with Crippen molar-refractivity contribution in [3.63, 3.8) is 0 Å². The first-order chi connectivity index (χ1) is 7.92. The summed E-state index contributed by atoms with van der Waals surface area (Å²) in [6.45, 7) is 1.97. The van der Waals surface area contributed by atoms with Crippen LogP contribution >= 0.6 is 23.1 Å². The van der Waals surface area contributed by atoms with Gasteiger partial charge < -0.3 is 5.32 Å². The van der Waals surface area contributed by atoms with Crippen molar-refractivity contribution < 1.29 is 0 Å². The number of amidine groups is 1. The summed E-state index contributed by atoms with van der Waals surface area (Å²) in [6.07, 6.45) is 3.83. The molecule has 1 aromatic rings. The lowest BCUT2D eigenvalue weighted by Crippen LogP contribution is -2.22. The SMILES string of the molecule is c1nc(CCNC2=NCC(C3CC3)S2)cs1. The zero-order valence-electron chi connectivity index (χ0n) is 9.06. The molecule has 1 unspecified atom stereocenters. The third kappa shape index (κ3) is 2.58. The van der Waals surface area contributed by atoms with Gasteiger partial charge in [-0.15, -0.1) is 11.3 Å². The Hall–Kier alpha value is -0.550. The number of thioether (sulfide) groups is 1. The van der Waals surface area contributed by atoms with Crippen LogP contribution in [0, 0.1) is 5.92 Å². The van der Waals surface area contributed by atoms with Crippen molar-refractivity contribution in [1.29, 1.82) is 0 Å². The molecular formula is C11H15N3S2. The molecule has 1 aliphatic heterocycles. The van der Waals surface area contributed by atoms with Gasteiger partial charge in [-0.1, -0.05) is 11.8 Å². The lowest BCUT2D eigenvalue weighted by molar-refractivity contribution is 0.771. The zero-order chi connectivity index (χ0) is 10.8. The molecule has 0 aromatic carbocycles. The van der Waals surface area contributed by atoms with Crippen LogP contribution in [0.2, 0.25) is 0 Å². The van der Waals surface area contributed by atoms with Gasteiger partial charge in [-0.3, -0.25) is 4.99 Å². The van der Waals surface area contributed by atoms with Crippen molar-refractivity contribution in [2.75, 3.05) is 13.1 Å². The summed E-state index contributed by atoms with van der Waals surface area (Å²) in [5.41, 5.74) is 3.07. The number of thiazole rings is 1. The number of nitrogens with zero attached hydrogens (tertiary/aromatic N) is 2. The minimum Gasteiger partial charge on any atom is -0.365 e. The summed E-state index contributed by atoms with van der Waals surface area (Å²) in [7, 11) is 0. The Morgan fingerprint density at radius 1 is 1.44 bits per heavy atom. The molecule has 0 bridgehead atoms. The van der Waals surface area contributed by atoms with Crippen LogP contribution in [-0.2, 0) is 6.42 Å². The maximum atomic E-state index is 4.55. The fourth-order valence-corrected chi connectivity index (χ4v) is 3.69. The molecule has 3 nitrogen and oxygen atoms in total. The van der Waals surface area contributed by atoms with E-state index in [0.29, 0.717) is 0 Å². The van der Waals surface area contributed by atoms with E-state index in [1.54, 1.807) is 11.3 Å². The molecule has 0 amide bonds. The van der Waals surface area contributed by atoms with Gasteiger partial charge in [0.25, 0.3) is 0 Å². The fraction of sp³-hybridized carbons (Fsp3) is 0.636. The molecule has 1 saturated carbocycles. The van der Waals surface area contributed by atoms with Gasteiger partial charge in [0.1, 0.15) is 0 Å². The highest BCUT2D eigenvalue weighted by Gasteiger charge is 2.35. The number of hydrogen-bond donors (Lipinski definition) is 1. The lowest BCUT2D eigenvalue weighted by atomic mass is 10.3. The van der Waals surface area contributed by atoms with Gasteiger partial charge in [0.15, 0.2) is 5.17 Å². The smallest absolute Gasteiger partial charge is 0.156 e. The van der Waals surface area contributed by atoms with E-state index in [-0.39, 0.29) is 0 Å². The summed E-state index contributed by atoms with van der Waals surface area (Å²) < 4.78 is 0. The highest BCUT2D eigenvalue weighted by molar-refractivity contribution is 8.14. The molecule has 1 aliphatic carbocycles. The van der Waals surface area contributed by atoms with Gasteiger partial charge in [0.2, 0.25) is 0 Å². The van der Waals surface area contributed by atoms with E-state index in [1.165, 1.54) is 18.5 Å². The Morgan fingerprint density at radius 3 is 3.12 bits per heavy atom. The monoisotopic (exact) mass is 253 g/mol. The van der Waals surface area contributed by atoms with E-state index >= 15 is 0 Å². The molecule has 1 aromatic heterocycles. The predicted octanol–water partition coefficient (Wildman–Crippen LogP) is 2.16. The molecule has 0 radical (unpaired) electrons. The van der Waals surface area contributed by atoms with E-state index in [4.69, 9.17) is 0 Å². The molecule has 1 N–H and O–H groups in total. The van der Waals surface area contributed by atoms with Gasteiger partial charge in [-0.05, 0) is 18.8 Å². The van der Waals surface area contributed by atoms with Crippen molar-refractivity contribution in [3.8, 4) is 0 Å². The summed E-state index contributed by atoms with van der Waals surface area (Å²) >= 11 is 3.60. The van der Waals surface area contributed by atoms with Crippen LogP contribution in [-0.4, -0.2) is 28.5 Å². The van der Waals surface area contributed by atoms with Crippen molar-refractivity contribution in [3.05, 3.63) is 16.6 Å². The molecule has 2 aliphatic rings. The molecule has 1 atom stereocenters. The van der Waals surface area contributed by atoms with E-state index in [1.807, 2.05) is 17.3 Å². The second-order valence-corrected chi connectivity index (χ2v) is 6.24. The number of nitrogens with one attached hydrogen (secondary N) is 1. The first-order valence-electron chi connectivity index (χ1n) is 5.74. The quantitative estimate of drug-likeness (QED) is 0.893. The highest BCUT2D eigenvalue weighted by atomic mass is 32.2. The second kappa shape index (κ2) is 4.75. The topological polar surface area (TPSA) is 37.3 Å². The third-order valence-corrected chi connectivity index (χ3v) is 4.94. The standard InChI is InChI=1S/C11H15N3S2/c1-2-8(1)10-5-13-11(16-10)12-4-3-9-6-15-7-14-9/h6-8,10H,1-5H2,(H,12,13). The van der Waals surface area contributed by atoms with Gasteiger partial charge in [-0.2, -0.15) is 0 Å². The number of hydrogen-bond acceptors (Lipinski definition) is 5. The van der Waals surface area contributed by atoms with Crippen molar-refractivity contribution in [1.82, 2.24) is 10.3 Å². The number of rotatable bonds is 4. The molecule has 0 spiro atoms. The first kappa shape index (κ1) is 10.6. The molecule has 2 heterocycles. The molecule has 86 valence electrons. The predicted molar refractivity (Wildman–Crippen MR) is 70.2 cm³/mol. The zero-order valence-corrected chi connectivity index (χ0v) is 10.7. The lowest BCUT2D eigenvalue weighted by Gasteiger charge is -2.06. The van der Waals surface area contributed by atoms with Crippen LogP contribution in [0.5, 0.6) is 0 Å². The number of aromatic nitrogens is 1. The Balaban J connectivity index is 1.39. The third-order valence-electron chi connectivity index (χ3n) is 2.97. The van der Waals surface area contributed by atoms with Crippen LogP contribution in [0.3, 0.4) is 0 Å². The van der Waals surface area contributed by atoms with Gasteiger partial charge in [0.05, 0.1) is 17.7 Å². The van der Waals surface area contributed by atoms with Gasteiger partial charge >= 0.3 is 0 Å². The van der Waals surface area contributed by atoms with Crippen LogP contribution in [0.1, 0.15) is 18.5 Å². The highest BCUT2D eigenvalue weighted by Crippen LogP contribution is 2.41. The molecular weight excluding hydrogens is 238 g/mol. The van der Waals surface area contributed by atoms with E-state index < -0.39 is 0 Å². The maximum Gasteiger partial charge on any atom is 0.156 e. The molecule has 0 saturated heterocycles. The Bertz CT molecular complexity index is 371. The minimum absolute atomic E-state index is 0.766. The minimum atomic E-state index is 0.766. The van der Waals surface area contributed by atoms with Crippen LogP contribution in [0.25, 0.3) is 0 Å². The molecule has 1 fully saturated rings. The van der Waals surface area contributed by atoms with Crippen LogP contribution < -0.4 is 5.32 Å². The normalized spacial score (nSPS) is 24.5. The summed E-state index contributed by atoms with van der Waals surface area (Å²) in [6, 6.07) is 0. The average Bonchev–Trinajstić information content (AvgIpc) is 2.83. The fourth-order valence-electron chi connectivity index (χ4n) is 1.86. The van der Waals surface area contributed by atoms with E-state index in [2.05, 4.69) is 20.7 Å². The summed E-state index contributed by atoms with van der Waals surface area (Å²) in [4.78, 5) is 8.81. The van der Waals surface area contributed by atoms with Gasteiger partial charge in [0, 0.05) is 23.6 Å². The van der Waals surface area contributed by atoms with Crippen molar-refractivity contribution in [2.24, 2.45) is 10.9 Å². The Kier molecular flexibility index (Phi) is 3.15. The molecule has 5 heteroatoms. The van der Waals surface area contributed by atoms with E-state index in [0.717, 1.165) is 35.8 Å². The van der Waals surface area contributed by atoms with Gasteiger partial charge in [-0.25, -0.2) is 4.98 Å². The Labute approximate surface area is 104 Å². The van der Waals surface area contributed by atoms with Crippen molar-refractivity contribution >= 4 is 28.3 Å². The number of aliphatic imine (C=N–C) groups is 1. The molecule has 16 heavy (non-hydrogen) atoms. The van der Waals surface area contributed by atoms with Crippen LogP contribution in [0.4, 0.5) is 0 Å². The second-order valence-electron chi connectivity index (χ2n) is 4.30.